The monoisotopic (exact) mass is 241 g/mol. The molecule has 1 unspecified atom stereocenters. The van der Waals surface area contributed by atoms with E-state index in [0.29, 0.717) is 5.45 Å². The van der Waals surface area contributed by atoms with Gasteiger partial charge in [-0.3, -0.25) is 4.84 Å². The van der Waals surface area contributed by atoms with Crippen LogP contribution in [0.3, 0.4) is 0 Å². The third-order valence-electron chi connectivity index (χ3n) is 0.758. The molecule has 0 saturated carbocycles. The average molecular weight is 243 g/mol. The van der Waals surface area contributed by atoms with Crippen LogP contribution in [0, 0.1) is 0 Å². The van der Waals surface area contributed by atoms with Gasteiger partial charge in [-0.2, -0.15) is 0 Å². The molecule has 0 amide bonds. The Morgan fingerprint density at radius 2 is 2.50 bits per heavy atom. The quantitative estimate of drug-likeness (QED) is 0.514. The maximum Gasteiger partial charge on any atom is 0.160 e. The number of hydrogen-bond acceptors (Lipinski definition) is 2. The number of hydrogen-bond donors (Lipinski definition) is 0. The van der Waals surface area contributed by atoms with Crippen molar-refractivity contribution in [1.29, 1.82) is 0 Å². The number of hydroxylamine groups is 2. The predicted molar refractivity (Wildman–Crippen MR) is 38.6 cm³/mol. The summed E-state index contributed by atoms with van der Waals surface area (Å²) in [5.74, 6) is 0. The van der Waals surface area contributed by atoms with Gasteiger partial charge in [-0.1, -0.05) is 31.9 Å². The number of alkyl halides is 2. The zero-order chi connectivity index (χ0) is 5.98. The van der Waals surface area contributed by atoms with E-state index in [1.165, 1.54) is 0 Å². The molecule has 1 rings (SSSR count). The second kappa shape index (κ2) is 2.85. The van der Waals surface area contributed by atoms with Crippen LogP contribution < -0.4 is 0 Å². The summed E-state index contributed by atoms with van der Waals surface area (Å²) in [7, 11) is 0. The second-order valence-corrected chi connectivity index (χ2v) is 2.74. The fourth-order valence-corrected chi connectivity index (χ4v) is 1.07. The van der Waals surface area contributed by atoms with Crippen LogP contribution in [0.25, 0.3) is 0 Å². The maximum atomic E-state index is 5.10. The minimum Gasteiger partial charge on any atom is -0.254 e. The largest absolute Gasteiger partial charge is 0.254 e. The smallest absolute Gasteiger partial charge is 0.160 e. The topological polar surface area (TPSA) is 12.5 Å². The highest BCUT2D eigenvalue weighted by molar-refractivity contribution is 9.09. The highest BCUT2D eigenvalue weighted by Crippen LogP contribution is 2.15. The minimum atomic E-state index is 0.0556. The lowest BCUT2D eigenvalue weighted by Crippen LogP contribution is -2.12. The van der Waals surface area contributed by atoms with Gasteiger partial charge < -0.3 is 0 Å². The van der Waals surface area contributed by atoms with Crippen LogP contribution >= 0.6 is 31.9 Å². The van der Waals surface area contributed by atoms with Crippen molar-refractivity contribution in [2.45, 2.75) is 5.01 Å². The summed E-state index contributed by atoms with van der Waals surface area (Å²) in [6.45, 7) is 0. The van der Waals surface area contributed by atoms with Crippen molar-refractivity contribution in [2.75, 3.05) is 5.45 Å². The summed E-state index contributed by atoms with van der Waals surface area (Å²) in [6, 6.07) is 0. The molecule has 0 aromatic heterocycles. The Bertz CT molecular complexity index is 106. The zero-order valence-corrected chi connectivity index (χ0v) is 7.22. The first-order chi connectivity index (χ1) is 3.83. The predicted octanol–water partition coefficient (Wildman–Crippen LogP) is 1.82. The van der Waals surface area contributed by atoms with Crippen LogP contribution in [-0.2, 0) is 4.84 Å². The van der Waals surface area contributed by atoms with Gasteiger partial charge in [0.1, 0.15) is 0 Å². The van der Waals surface area contributed by atoms with Crippen LogP contribution in [0.4, 0.5) is 0 Å². The Hall–Kier alpha value is 0.460. The molecule has 1 aliphatic heterocycles. The van der Waals surface area contributed by atoms with Crippen LogP contribution in [0.1, 0.15) is 0 Å². The average Bonchev–Trinajstić information content (AvgIpc) is 2.14. The SMILES string of the molecule is BrCN1C=CC(Br)O1. The Kier molecular flexibility index (Phi) is 2.34. The van der Waals surface area contributed by atoms with Crippen LogP contribution in [0.15, 0.2) is 12.3 Å². The molecule has 0 N–H and O–H groups in total. The van der Waals surface area contributed by atoms with Crippen molar-refractivity contribution in [3.05, 3.63) is 12.3 Å². The molecule has 0 saturated heterocycles. The molecule has 0 aromatic rings. The fraction of sp³-hybridized carbons (Fsp3) is 0.500. The van der Waals surface area contributed by atoms with Crippen molar-refractivity contribution >= 4 is 31.9 Å². The fourth-order valence-electron chi connectivity index (χ4n) is 0.431. The summed E-state index contributed by atoms with van der Waals surface area (Å²) >= 11 is 6.48. The van der Waals surface area contributed by atoms with Gasteiger partial charge in [-0.05, 0) is 6.08 Å². The Morgan fingerprint density at radius 1 is 1.75 bits per heavy atom. The van der Waals surface area contributed by atoms with Crippen molar-refractivity contribution in [3.63, 3.8) is 0 Å². The van der Waals surface area contributed by atoms with Gasteiger partial charge in [0.25, 0.3) is 0 Å². The molecular weight excluding hydrogens is 238 g/mol. The summed E-state index contributed by atoms with van der Waals surface area (Å²) in [6.07, 6.45) is 3.79. The minimum absolute atomic E-state index is 0.0556. The Morgan fingerprint density at radius 3 is 2.75 bits per heavy atom. The lowest BCUT2D eigenvalue weighted by atomic mass is 10.7. The third kappa shape index (κ3) is 1.47. The van der Waals surface area contributed by atoms with Crippen molar-refractivity contribution in [2.24, 2.45) is 0 Å². The summed E-state index contributed by atoms with van der Waals surface area (Å²) in [5.41, 5.74) is 0.714. The Balaban J connectivity index is 2.34. The van der Waals surface area contributed by atoms with Crippen LogP contribution in [0.5, 0.6) is 0 Å². The molecule has 0 bridgehead atoms. The molecule has 46 valence electrons. The zero-order valence-electron chi connectivity index (χ0n) is 4.05. The normalized spacial score (nSPS) is 27.2. The molecule has 4 heteroatoms. The number of nitrogens with zero attached hydrogens (tertiary/aromatic N) is 1. The first-order valence-electron chi connectivity index (χ1n) is 2.14. The Labute approximate surface area is 64.7 Å². The second-order valence-electron chi connectivity index (χ2n) is 1.33. The van der Waals surface area contributed by atoms with E-state index in [2.05, 4.69) is 31.9 Å². The first-order valence-corrected chi connectivity index (χ1v) is 4.18. The van der Waals surface area contributed by atoms with E-state index in [1.807, 2.05) is 12.3 Å². The number of halogens is 2. The molecule has 0 radical (unpaired) electrons. The summed E-state index contributed by atoms with van der Waals surface area (Å²) < 4.78 is 0. The molecule has 1 aliphatic rings. The van der Waals surface area contributed by atoms with E-state index in [0.717, 1.165) is 0 Å². The van der Waals surface area contributed by atoms with E-state index >= 15 is 0 Å². The highest BCUT2D eigenvalue weighted by atomic mass is 79.9. The molecule has 8 heavy (non-hydrogen) atoms. The van der Waals surface area contributed by atoms with E-state index in [-0.39, 0.29) is 5.01 Å². The van der Waals surface area contributed by atoms with Gasteiger partial charge in [0.05, 0.1) is 5.45 Å². The highest BCUT2D eigenvalue weighted by Gasteiger charge is 2.10. The summed E-state index contributed by atoms with van der Waals surface area (Å²) in [4.78, 5) is 5.10. The molecule has 0 aromatic carbocycles. The van der Waals surface area contributed by atoms with Crippen LogP contribution in [0.2, 0.25) is 0 Å². The standard InChI is InChI=1S/C4H5Br2NO/c5-3-7-2-1-4(6)8-7/h1-2,4H,3H2. The molecule has 1 heterocycles. The van der Waals surface area contributed by atoms with Gasteiger partial charge in [0, 0.05) is 6.20 Å². The van der Waals surface area contributed by atoms with Crippen molar-refractivity contribution in [1.82, 2.24) is 5.06 Å². The van der Waals surface area contributed by atoms with Gasteiger partial charge in [0.15, 0.2) is 5.01 Å². The molecule has 0 fully saturated rings. The molecule has 2 nitrogen and oxygen atoms in total. The van der Waals surface area contributed by atoms with Crippen molar-refractivity contribution < 1.29 is 4.84 Å². The van der Waals surface area contributed by atoms with Crippen molar-refractivity contribution in [3.8, 4) is 0 Å². The summed E-state index contributed by atoms with van der Waals surface area (Å²) in [5, 5.41) is 1.75. The molecule has 1 atom stereocenters. The molecule has 0 spiro atoms. The van der Waals surface area contributed by atoms with Gasteiger partial charge in [0.2, 0.25) is 0 Å². The number of rotatable bonds is 1. The lowest BCUT2D eigenvalue weighted by Gasteiger charge is -2.10. The molecule has 0 aliphatic carbocycles. The van der Waals surface area contributed by atoms with Crippen LogP contribution in [-0.4, -0.2) is 15.5 Å². The maximum absolute atomic E-state index is 5.10. The van der Waals surface area contributed by atoms with Gasteiger partial charge in [-0.25, -0.2) is 5.06 Å². The third-order valence-corrected chi connectivity index (χ3v) is 1.72. The molecular formula is C4H5Br2NO. The van der Waals surface area contributed by atoms with E-state index in [9.17, 15) is 0 Å². The van der Waals surface area contributed by atoms with E-state index in [4.69, 9.17) is 4.84 Å². The van der Waals surface area contributed by atoms with E-state index < -0.39 is 0 Å². The van der Waals surface area contributed by atoms with Gasteiger partial charge in [-0.15, -0.1) is 0 Å². The van der Waals surface area contributed by atoms with Gasteiger partial charge >= 0.3 is 0 Å². The first kappa shape index (κ1) is 6.58. The lowest BCUT2D eigenvalue weighted by molar-refractivity contribution is -0.0824. The van der Waals surface area contributed by atoms with E-state index in [1.54, 1.807) is 5.06 Å².